The summed E-state index contributed by atoms with van der Waals surface area (Å²) in [4.78, 5) is 11.0. The molecule has 3 N–H and O–H groups in total. The summed E-state index contributed by atoms with van der Waals surface area (Å²) in [5.74, 6) is 0.0171. The van der Waals surface area contributed by atoms with Crippen molar-refractivity contribution in [2.75, 3.05) is 5.73 Å². The largest absolute Gasteiger partial charge is 0.507 e. The molecule has 0 aliphatic rings. The molecule has 1 rings (SSSR count). The van der Waals surface area contributed by atoms with Crippen molar-refractivity contribution in [2.24, 2.45) is 0 Å². The molecule has 0 aromatic heterocycles. The van der Waals surface area contributed by atoms with Crippen LogP contribution in [0.15, 0.2) is 12.1 Å². The maximum absolute atomic E-state index is 11.0. The number of anilines is 1. The molecule has 12 heavy (non-hydrogen) atoms. The predicted octanol–water partition coefficient (Wildman–Crippen LogP) is 1.78. The summed E-state index contributed by atoms with van der Waals surface area (Å²) >= 11 is 1.94. The highest BCUT2D eigenvalue weighted by Crippen LogP contribution is 2.25. The van der Waals surface area contributed by atoms with E-state index in [4.69, 9.17) is 5.73 Å². The highest BCUT2D eigenvalue weighted by Gasteiger charge is 2.08. The Morgan fingerprint density at radius 2 is 2.17 bits per heavy atom. The molecule has 4 heteroatoms. The molecule has 0 saturated carbocycles. The number of benzene rings is 1. The molecule has 0 bridgehead atoms. The van der Waals surface area contributed by atoms with E-state index in [-0.39, 0.29) is 11.5 Å². The third kappa shape index (κ3) is 1.69. The lowest BCUT2D eigenvalue weighted by Crippen LogP contribution is -1.99. The van der Waals surface area contributed by atoms with E-state index in [0.717, 1.165) is 0 Å². The van der Waals surface area contributed by atoms with E-state index >= 15 is 0 Å². The number of phenolic OH excluding ortho intramolecular Hbond substituents is 1. The SMILES string of the molecule is CC(=O)c1cc(I)c(O)cc1N. The second kappa shape index (κ2) is 3.30. The number of ketones is 1. The fraction of sp³-hybridized carbons (Fsp3) is 0.125. The maximum atomic E-state index is 11.0. The van der Waals surface area contributed by atoms with Gasteiger partial charge in [0.1, 0.15) is 5.75 Å². The molecule has 0 fully saturated rings. The number of halogens is 1. The molecule has 0 aliphatic carbocycles. The second-order valence-corrected chi connectivity index (χ2v) is 3.61. The van der Waals surface area contributed by atoms with E-state index in [1.807, 2.05) is 22.6 Å². The van der Waals surface area contributed by atoms with Gasteiger partial charge in [-0.2, -0.15) is 0 Å². The first-order valence-corrected chi connectivity index (χ1v) is 4.39. The Hall–Kier alpha value is -0.780. The molecular formula is C8H8INO2. The minimum absolute atomic E-state index is 0.0922. The lowest BCUT2D eigenvalue weighted by atomic mass is 10.1. The van der Waals surface area contributed by atoms with Crippen molar-refractivity contribution in [3.05, 3.63) is 21.3 Å². The van der Waals surface area contributed by atoms with E-state index in [0.29, 0.717) is 14.8 Å². The van der Waals surface area contributed by atoms with Crippen molar-refractivity contribution in [1.29, 1.82) is 0 Å². The number of aromatic hydroxyl groups is 1. The fourth-order valence-electron chi connectivity index (χ4n) is 0.883. The zero-order valence-electron chi connectivity index (χ0n) is 6.47. The molecule has 0 unspecified atom stereocenters. The minimum Gasteiger partial charge on any atom is -0.507 e. The second-order valence-electron chi connectivity index (χ2n) is 2.45. The van der Waals surface area contributed by atoms with Crippen LogP contribution < -0.4 is 5.73 Å². The number of carbonyl (C=O) groups is 1. The zero-order valence-corrected chi connectivity index (χ0v) is 8.62. The van der Waals surface area contributed by atoms with Crippen molar-refractivity contribution in [2.45, 2.75) is 6.92 Å². The van der Waals surface area contributed by atoms with Crippen LogP contribution in [0.25, 0.3) is 0 Å². The predicted molar refractivity (Wildman–Crippen MR) is 55.2 cm³/mol. The van der Waals surface area contributed by atoms with Crippen LogP contribution in [-0.2, 0) is 0 Å². The number of nitrogens with two attached hydrogens (primary N) is 1. The average molecular weight is 277 g/mol. The third-order valence-electron chi connectivity index (χ3n) is 1.50. The van der Waals surface area contributed by atoms with Gasteiger partial charge in [0, 0.05) is 17.3 Å². The lowest BCUT2D eigenvalue weighted by molar-refractivity contribution is 0.101. The van der Waals surface area contributed by atoms with E-state index < -0.39 is 0 Å². The van der Waals surface area contributed by atoms with Gasteiger partial charge in [-0.15, -0.1) is 0 Å². The van der Waals surface area contributed by atoms with Crippen LogP contribution in [0.5, 0.6) is 5.75 Å². The van der Waals surface area contributed by atoms with Crippen LogP contribution in [0.2, 0.25) is 0 Å². The quantitative estimate of drug-likeness (QED) is 0.467. The number of Topliss-reactive ketones (excluding diaryl/α,β-unsaturated/α-hetero) is 1. The molecule has 1 aromatic carbocycles. The van der Waals surface area contributed by atoms with Gasteiger partial charge >= 0.3 is 0 Å². The van der Waals surface area contributed by atoms with Gasteiger partial charge in [0.15, 0.2) is 5.78 Å². The smallest absolute Gasteiger partial charge is 0.161 e. The summed E-state index contributed by atoms with van der Waals surface area (Å²) < 4.78 is 0.631. The molecule has 64 valence electrons. The Morgan fingerprint density at radius 1 is 1.58 bits per heavy atom. The van der Waals surface area contributed by atoms with E-state index in [2.05, 4.69) is 0 Å². The number of hydrogen-bond donors (Lipinski definition) is 2. The molecule has 3 nitrogen and oxygen atoms in total. The van der Waals surface area contributed by atoms with Gasteiger partial charge in [0.2, 0.25) is 0 Å². The molecule has 1 aromatic rings. The normalized spacial score (nSPS) is 9.83. The van der Waals surface area contributed by atoms with Gasteiger partial charge in [-0.05, 0) is 35.6 Å². The monoisotopic (exact) mass is 277 g/mol. The number of phenols is 1. The van der Waals surface area contributed by atoms with Crippen LogP contribution >= 0.6 is 22.6 Å². The maximum Gasteiger partial charge on any atom is 0.161 e. The van der Waals surface area contributed by atoms with Crippen LogP contribution in [0.1, 0.15) is 17.3 Å². The number of carbonyl (C=O) groups excluding carboxylic acids is 1. The fourth-order valence-corrected chi connectivity index (χ4v) is 1.35. The van der Waals surface area contributed by atoms with Gasteiger partial charge in [0.25, 0.3) is 0 Å². The van der Waals surface area contributed by atoms with E-state index in [1.165, 1.54) is 13.0 Å². The number of hydrogen-bond acceptors (Lipinski definition) is 3. The van der Waals surface area contributed by atoms with Crippen LogP contribution in [-0.4, -0.2) is 10.9 Å². The Kier molecular flexibility index (Phi) is 2.56. The van der Waals surface area contributed by atoms with Gasteiger partial charge in [-0.1, -0.05) is 0 Å². The van der Waals surface area contributed by atoms with Gasteiger partial charge in [-0.3, -0.25) is 4.79 Å². The van der Waals surface area contributed by atoms with Gasteiger partial charge in [-0.25, -0.2) is 0 Å². The first-order valence-electron chi connectivity index (χ1n) is 3.31. The van der Waals surface area contributed by atoms with Crippen molar-refractivity contribution in [3.63, 3.8) is 0 Å². The van der Waals surface area contributed by atoms with Crippen molar-refractivity contribution < 1.29 is 9.90 Å². The Labute approximate surface area is 83.7 Å². The molecule has 0 aliphatic heterocycles. The molecular weight excluding hydrogens is 269 g/mol. The summed E-state index contributed by atoms with van der Waals surface area (Å²) in [5, 5.41) is 9.21. The first-order chi connectivity index (χ1) is 5.52. The van der Waals surface area contributed by atoms with E-state index in [9.17, 15) is 9.90 Å². The molecule has 0 radical (unpaired) electrons. The van der Waals surface area contributed by atoms with Crippen molar-refractivity contribution in [1.82, 2.24) is 0 Å². The summed E-state index contributed by atoms with van der Waals surface area (Å²) in [6.45, 7) is 1.44. The minimum atomic E-state index is -0.0922. The summed E-state index contributed by atoms with van der Waals surface area (Å²) in [5.41, 5.74) is 6.28. The molecule has 0 heterocycles. The van der Waals surface area contributed by atoms with Gasteiger partial charge < -0.3 is 10.8 Å². The summed E-state index contributed by atoms with van der Waals surface area (Å²) in [6, 6.07) is 2.96. The topological polar surface area (TPSA) is 63.3 Å². The molecule has 0 atom stereocenters. The molecule has 0 amide bonds. The number of nitrogen functional groups attached to an aromatic ring is 1. The van der Waals surface area contributed by atoms with Crippen LogP contribution in [0.4, 0.5) is 5.69 Å². The van der Waals surface area contributed by atoms with Gasteiger partial charge in [0.05, 0.1) is 3.57 Å². The first kappa shape index (κ1) is 9.31. The highest BCUT2D eigenvalue weighted by molar-refractivity contribution is 14.1. The summed E-state index contributed by atoms with van der Waals surface area (Å²) in [7, 11) is 0. The average Bonchev–Trinajstić information content (AvgIpc) is 1.96. The lowest BCUT2D eigenvalue weighted by Gasteiger charge is -2.03. The third-order valence-corrected chi connectivity index (χ3v) is 2.36. The standard InChI is InChI=1S/C8H8INO2/c1-4(11)5-2-6(9)8(12)3-7(5)10/h2-3,12H,10H2,1H3. The number of rotatable bonds is 1. The van der Waals surface area contributed by atoms with Crippen LogP contribution in [0.3, 0.4) is 0 Å². The molecule has 0 saturated heterocycles. The molecule has 0 spiro atoms. The van der Waals surface area contributed by atoms with Crippen LogP contribution in [0, 0.1) is 3.57 Å². The Balaban J connectivity index is 3.33. The Morgan fingerprint density at radius 3 is 2.67 bits per heavy atom. The van der Waals surface area contributed by atoms with Crippen molar-refractivity contribution in [3.8, 4) is 5.75 Å². The highest BCUT2D eigenvalue weighted by atomic mass is 127. The van der Waals surface area contributed by atoms with Crippen molar-refractivity contribution >= 4 is 34.1 Å². The van der Waals surface area contributed by atoms with E-state index in [1.54, 1.807) is 6.07 Å². The zero-order chi connectivity index (χ0) is 9.30. The Bertz CT molecular complexity index is 336. The summed E-state index contributed by atoms with van der Waals surface area (Å²) in [6.07, 6.45) is 0.